The first-order chi connectivity index (χ1) is 9.28. The zero-order valence-corrected chi connectivity index (χ0v) is 10.1. The molecule has 3 heterocycles. The van der Waals surface area contributed by atoms with E-state index in [0.29, 0.717) is 28.7 Å². The lowest BCUT2D eigenvalue weighted by molar-refractivity contribution is 0.432. The zero-order chi connectivity index (χ0) is 13.2. The predicted molar refractivity (Wildman–Crippen MR) is 66.8 cm³/mol. The Balaban J connectivity index is 2.00. The second-order valence-corrected chi connectivity index (χ2v) is 4.01. The van der Waals surface area contributed by atoms with Crippen LogP contribution in [0.3, 0.4) is 0 Å². The van der Waals surface area contributed by atoms with Gasteiger partial charge in [-0.2, -0.15) is 10.2 Å². The molecule has 0 saturated heterocycles. The van der Waals surface area contributed by atoms with Crippen LogP contribution in [0.15, 0.2) is 35.1 Å². The van der Waals surface area contributed by atoms with Gasteiger partial charge in [-0.25, -0.2) is 0 Å². The Morgan fingerprint density at radius 2 is 2.32 bits per heavy atom. The molecule has 0 aliphatic rings. The van der Waals surface area contributed by atoms with Gasteiger partial charge in [0.2, 0.25) is 5.82 Å². The monoisotopic (exact) mass is 251 g/mol. The summed E-state index contributed by atoms with van der Waals surface area (Å²) >= 11 is 0. The molecule has 92 valence electrons. The lowest BCUT2D eigenvalue weighted by atomic mass is 10.2. The van der Waals surface area contributed by atoms with E-state index >= 15 is 0 Å². The van der Waals surface area contributed by atoms with E-state index in [1.165, 1.54) is 0 Å². The minimum Gasteiger partial charge on any atom is -0.352 e. The number of H-pyrrole nitrogens is 1. The van der Waals surface area contributed by atoms with E-state index in [-0.39, 0.29) is 0 Å². The van der Waals surface area contributed by atoms with E-state index in [9.17, 15) is 0 Å². The number of nitrogens with one attached hydrogen (secondary N) is 1. The molecule has 0 spiro atoms. The quantitative estimate of drug-likeness (QED) is 0.754. The summed E-state index contributed by atoms with van der Waals surface area (Å²) in [7, 11) is 0. The average molecular weight is 251 g/mol. The molecule has 3 aromatic rings. The minimum atomic E-state index is 0.359. The zero-order valence-electron chi connectivity index (χ0n) is 10.1. The third kappa shape index (κ3) is 1.98. The molecule has 0 aromatic carbocycles. The van der Waals surface area contributed by atoms with E-state index in [1.807, 2.05) is 25.1 Å². The Morgan fingerprint density at radius 1 is 1.42 bits per heavy atom. The molecular weight excluding hydrogens is 242 g/mol. The van der Waals surface area contributed by atoms with Crippen LogP contribution >= 0.6 is 0 Å². The summed E-state index contributed by atoms with van der Waals surface area (Å²) in [5.74, 6) is 0.797. The van der Waals surface area contributed by atoms with Gasteiger partial charge in [-0.15, -0.1) is 0 Å². The van der Waals surface area contributed by atoms with Crippen LogP contribution in [-0.2, 0) is 0 Å². The number of aromatic amines is 1. The van der Waals surface area contributed by atoms with Crippen molar-refractivity contribution in [1.82, 2.24) is 20.1 Å². The van der Waals surface area contributed by atoms with E-state index in [4.69, 9.17) is 9.78 Å². The summed E-state index contributed by atoms with van der Waals surface area (Å²) in [5, 5.41) is 12.7. The molecule has 3 rings (SSSR count). The van der Waals surface area contributed by atoms with Crippen LogP contribution < -0.4 is 0 Å². The third-order valence-corrected chi connectivity index (χ3v) is 2.70. The molecule has 0 unspecified atom stereocenters. The highest BCUT2D eigenvalue weighted by molar-refractivity contribution is 5.59. The molecule has 0 amide bonds. The average Bonchev–Trinajstić information content (AvgIpc) is 3.08. The van der Waals surface area contributed by atoms with E-state index in [2.05, 4.69) is 20.1 Å². The Hall–Kier alpha value is -2.94. The van der Waals surface area contributed by atoms with Crippen LogP contribution in [0.2, 0.25) is 0 Å². The van der Waals surface area contributed by atoms with Gasteiger partial charge in [-0.05, 0) is 24.6 Å². The highest BCUT2D eigenvalue weighted by atomic mass is 16.5. The molecule has 19 heavy (non-hydrogen) atoms. The number of aryl methyl sites for hydroxylation is 1. The van der Waals surface area contributed by atoms with Crippen LogP contribution in [0, 0.1) is 18.3 Å². The lowest BCUT2D eigenvalue weighted by Gasteiger charge is -1.96. The molecule has 0 saturated carbocycles. The number of hydrogen-bond donors (Lipinski definition) is 1. The van der Waals surface area contributed by atoms with Gasteiger partial charge in [0, 0.05) is 12.4 Å². The second kappa shape index (κ2) is 4.38. The van der Waals surface area contributed by atoms with Crippen molar-refractivity contribution < 1.29 is 4.52 Å². The first-order valence-corrected chi connectivity index (χ1v) is 5.62. The van der Waals surface area contributed by atoms with Crippen LogP contribution in [0.25, 0.3) is 23.0 Å². The number of rotatable bonds is 2. The summed E-state index contributed by atoms with van der Waals surface area (Å²) in [6, 6.07) is 7.45. The minimum absolute atomic E-state index is 0.359. The van der Waals surface area contributed by atoms with Crippen molar-refractivity contribution in [3.63, 3.8) is 0 Å². The molecule has 0 atom stereocenters. The molecule has 0 aliphatic carbocycles. The van der Waals surface area contributed by atoms with Gasteiger partial charge in [-0.3, -0.25) is 4.98 Å². The maximum Gasteiger partial charge on any atom is 0.259 e. The van der Waals surface area contributed by atoms with Gasteiger partial charge in [0.15, 0.2) is 0 Å². The fourth-order valence-electron chi connectivity index (χ4n) is 1.74. The van der Waals surface area contributed by atoms with Gasteiger partial charge in [-0.1, -0.05) is 11.2 Å². The van der Waals surface area contributed by atoms with Crippen LogP contribution in [-0.4, -0.2) is 20.1 Å². The Kier molecular flexibility index (Phi) is 2.58. The molecule has 0 aliphatic heterocycles. The predicted octanol–water partition coefficient (Wildman–Crippen LogP) is 2.31. The number of nitriles is 1. The van der Waals surface area contributed by atoms with E-state index in [1.54, 1.807) is 18.5 Å². The molecule has 6 nitrogen and oxygen atoms in total. The number of aromatic nitrogens is 4. The number of pyridine rings is 1. The van der Waals surface area contributed by atoms with Crippen LogP contribution in [0.5, 0.6) is 0 Å². The highest BCUT2D eigenvalue weighted by Crippen LogP contribution is 2.23. The third-order valence-electron chi connectivity index (χ3n) is 2.70. The van der Waals surface area contributed by atoms with Crippen molar-refractivity contribution in [1.29, 1.82) is 5.26 Å². The molecule has 0 fully saturated rings. The number of hydrogen-bond acceptors (Lipinski definition) is 5. The SMILES string of the molecule is Cc1cccnc1-c1noc(-c2c[nH]c(C#N)c2)n1. The van der Waals surface area contributed by atoms with Gasteiger partial charge >= 0.3 is 0 Å². The second-order valence-electron chi connectivity index (χ2n) is 4.01. The van der Waals surface area contributed by atoms with E-state index in [0.717, 1.165) is 5.56 Å². The summed E-state index contributed by atoms with van der Waals surface area (Å²) < 4.78 is 5.19. The standard InChI is InChI=1S/C13H9N5O/c1-8-3-2-4-15-11(8)12-17-13(19-18-12)9-5-10(6-14)16-7-9/h2-5,7,16H,1H3. The molecule has 6 heteroatoms. The maximum absolute atomic E-state index is 8.76. The topological polar surface area (TPSA) is 91.4 Å². The normalized spacial score (nSPS) is 10.3. The summed E-state index contributed by atoms with van der Waals surface area (Å²) in [4.78, 5) is 11.3. The smallest absolute Gasteiger partial charge is 0.259 e. The van der Waals surface area contributed by atoms with Crippen molar-refractivity contribution in [3.05, 3.63) is 41.9 Å². The van der Waals surface area contributed by atoms with Gasteiger partial charge in [0.1, 0.15) is 17.5 Å². The molecular formula is C13H9N5O. The van der Waals surface area contributed by atoms with Crippen LogP contribution in [0.4, 0.5) is 0 Å². The number of nitrogens with zero attached hydrogens (tertiary/aromatic N) is 4. The Morgan fingerprint density at radius 3 is 3.05 bits per heavy atom. The van der Waals surface area contributed by atoms with Crippen molar-refractivity contribution >= 4 is 0 Å². The van der Waals surface area contributed by atoms with Crippen molar-refractivity contribution in [2.75, 3.05) is 0 Å². The summed E-state index contributed by atoms with van der Waals surface area (Å²) in [6.45, 7) is 1.93. The largest absolute Gasteiger partial charge is 0.352 e. The molecule has 1 N–H and O–H groups in total. The van der Waals surface area contributed by atoms with Gasteiger partial charge in [0.05, 0.1) is 5.56 Å². The molecule has 0 radical (unpaired) electrons. The fraction of sp³-hybridized carbons (Fsp3) is 0.0769. The first-order valence-electron chi connectivity index (χ1n) is 5.62. The molecule has 0 bridgehead atoms. The summed E-state index contributed by atoms with van der Waals surface area (Å²) in [6.07, 6.45) is 3.34. The van der Waals surface area contributed by atoms with Gasteiger partial charge < -0.3 is 9.51 Å². The van der Waals surface area contributed by atoms with Crippen molar-refractivity contribution in [3.8, 4) is 29.0 Å². The highest BCUT2D eigenvalue weighted by Gasteiger charge is 2.14. The maximum atomic E-state index is 8.76. The van der Waals surface area contributed by atoms with E-state index < -0.39 is 0 Å². The van der Waals surface area contributed by atoms with Crippen molar-refractivity contribution in [2.45, 2.75) is 6.92 Å². The van der Waals surface area contributed by atoms with Crippen LogP contribution in [0.1, 0.15) is 11.3 Å². The summed E-state index contributed by atoms with van der Waals surface area (Å²) in [5.41, 5.74) is 2.79. The first kappa shape index (κ1) is 11.2. The van der Waals surface area contributed by atoms with Gasteiger partial charge in [0.25, 0.3) is 5.89 Å². The lowest BCUT2D eigenvalue weighted by Crippen LogP contribution is -1.88. The fourth-order valence-corrected chi connectivity index (χ4v) is 1.74. The van der Waals surface area contributed by atoms with Crippen molar-refractivity contribution in [2.24, 2.45) is 0 Å². The Labute approximate surface area is 108 Å². The Bertz CT molecular complexity index is 765. The molecule has 3 aromatic heterocycles.